The molecular weight excluding hydrogens is 363 g/mol. The highest BCUT2D eigenvalue weighted by atomic mass is 35.5. The minimum atomic E-state index is -3.94. The normalized spacial score (nSPS) is 12.8. The van der Waals surface area contributed by atoms with Crippen molar-refractivity contribution in [2.24, 2.45) is 0 Å². The number of nitrogens with zero attached hydrogens (tertiary/aromatic N) is 1. The van der Waals surface area contributed by atoms with Crippen LogP contribution in [-0.2, 0) is 10.0 Å². The van der Waals surface area contributed by atoms with Crippen molar-refractivity contribution in [3.05, 3.63) is 68.2 Å². The number of hydrogen-bond donors (Lipinski definition) is 1. The Labute approximate surface area is 143 Å². The second-order valence-electron chi connectivity index (χ2n) is 4.76. The van der Waals surface area contributed by atoms with Gasteiger partial charge in [0.15, 0.2) is 0 Å². The maximum Gasteiger partial charge on any atom is 0.270 e. The number of hydrogen-bond acceptors (Lipinski definition) is 4. The van der Waals surface area contributed by atoms with E-state index in [0.717, 1.165) is 6.07 Å². The Morgan fingerprint density at radius 2 is 1.87 bits per heavy atom. The van der Waals surface area contributed by atoms with Crippen molar-refractivity contribution in [2.45, 2.75) is 17.9 Å². The van der Waals surface area contributed by atoms with Crippen LogP contribution in [0.15, 0.2) is 47.4 Å². The molecule has 2 aromatic rings. The molecule has 1 N–H and O–H groups in total. The summed E-state index contributed by atoms with van der Waals surface area (Å²) in [6.07, 6.45) is 0. The summed E-state index contributed by atoms with van der Waals surface area (Å²) < 4.78 is 27.2. The van der Waals surface area contributed by atoms with Gasteiger partial charge in [-0.05, 0) is 30.7 Å². The smallest absolute Gasteiger partial charge is 0.258 e. The average molecular weight is 375 g/mol. The molecule has 0 aliphatic carbocycles. The molecule has 0 fully saturated rings. The average Bonchev–Trinajstić information content (AvgIpc) is 2.46. The van der Waals surface area contributed by atoms with E-state index in [1.54, 1.807) is 19.1 Å². The summed E-state index contributed by atoms with van der Waals surface area (Å²) in [5, 5.41) is 11.5. The first kappa shape index (κ1) is 17.7. The molecule has 1 atom stereocenters. The van der Waals surface area contributed by atoms with Crippen molar-refractivity contribution >= 4 is 38.9 Å². The maximum absolute atomic E-state index is 12.4. The topological polar surface area (TPSA) is 89.3 Å². The Kier molecular flexibility index (Phi) is 5.26. The molecule has 2 rings (SSSR count). The third-order valence-corrected chi connectivity index (χ3v) is 5.20. The van der Waals surface area contributed by atoms with Crippen LogP contribution in [0.1, 0.15) is 18.5 Å². The first-order valence-electron chi connectivity index (χ1n) is 6.42. The molecule has 9 heteroatoms. The van der Waals surface area contributed by atoms with Crippen LogP contribution in [-0.4, -0.2) is 13.3 Å². The molecule has 0 aliphatic rings. The van der Waals surface area contributed by atoms with E-state index in [1.807, 2.05) is 0 Å². The van der Waals surface area contributed by atoms with Gasteiger partial charge in [-0.2, -0.15) is 0 Å². The summed E-state index contributed by atoms with van der Waals surface area (Å²) in [6.45, 7) is 1.62. The van der Waals surface area contributed by atoms with Crippen LogP contribution >= 0.6 is 23.2 Å². The number of nitrogens with one attached hydrogen (secondary N) is 1. The van der Waals surface area contributed by atoms with Gasteiger partial charge in [0.1, 0.15) is 0 Å². The third kappa shape index (κ3) is 4.20. The lowest BCUT2D eigenvalue weighted by Crippen LogP contribution is -2.27. The number of rotatable bonds is 5. The third-order valence-electron chi connectivity index (χ3n) is 3.10. The molecule has 0 unspecified atom stereocenters. The van der Waals surface area contributed by atoms with E-state index in [1.165, 1.54) is 24.3 Å². The first-order chi connectivity index (χ1) is 10.7. The van der Waals surface area contributed by atoms with Crippen LogP contribution in [0.5, 0.6) is 0 Å². The summed E-state index contributed by atoms with van der Waals surface area (Å²) in [5.74, 6) is 0. The zero-order valence-electron chi connectivity index (χ0n) is 11.9. The molecule has 122 valence electrons. The molecule has 0 heterocycles. The van der Waals surface area contributed by atoms with Gasteiger partial charge in [0.05, 0.1) is 9.82 Å². The Hall–Kier alpha value is -1.67. The molecule has 0 saturated carbocycles. The van der Waals surface area contributed by atoms with Crippen molar-refractivity contribution in [3.63, 3.8) is 0 Å². The zero-order valence-corrected chi connectivity index (χ0v) is 14.2. The highest BCUT2D eigenvalue weighted by Gasteiger charge is 2.21. The second-order valence-corrected chi connectivity index (χ2v) is 7.32. The Morgan fingerprint density at radius 3 is 2.48 bits per heavy atom. The van der Waals surface area contributed by atoms with Gasteiger partial charge in [-0.15, -0.1) is 0 Å². The van der Waals surface area contributed by atoms with Crippen LogP contribution in [0, 0.1) is 10.1 Å². The van der Waals surface area contributed by atoms with E-state index in [2.05, 4.69) is 4.72 Å². The van der Waals surface area contributed by atoms with Gasteiger partial charge in [0.2, 0.25) is 10.0 Å². The van der Waals surface area contributed by atoms with E-state index >= 15 is 0 Å². The van der Waals surface area contributed by atoms with E-state index < -0.39 is 21.0 Å². The van der Waals surface area contributed by atoms with Gasteiger partial charge in [0.25, 0.3) is 5.69 Å². The monoisotopic (exact) mass is 374 g/mol. The second kappa shape index (κ2) is 6.84. The van der Waals surface area contributed by atoms with Crippen molar-refractivity contribution in [3.8, 4) is 0 Å². The van der Waals surface area contributed by atoms with Gasteiger partial charge in [0, 0.05) is 28.2 Å². The Morgan fingerprint density at radius 1 is 1.17 bits per heavy atom. The van der Waals surface area contributed by atoms with Crippen molar-refractivity contribution in [1.29, 1.82) is 0 Å². The lowest BCUT2D eigenvalue weighted by molar-refractivity contribution is -0.385. The summed E-state index contributed by atoms with van der Waals surface area (Å²) in [7, 11) is -3.94. The van der Waals surface area contributed by atoms with Crippen LogP contribution in [0.3, 0.4) is 0 Å². The first-order valence-corrected chi connectivity index (χ1v) is 8.66. The fourth-order valence-electron chi connectivity index (χ4n) is 1.98. The molecule has 0 bridgehead atoms. The molecule has 6 nitrogen and oxygen atoms in total. The highest BCUT2D eigenvalue weighted by molar-refractivity contribution is 7.89. The van der Waals surface area contributed by atoms with Crippen LogP contribution < -0.4 is 4.72 Å². The number of nitro groups is 1. The van der Waals surface area contributed by atoms with Crippen LogP contribution in [0.25, 0.3) is 0 Å². The number of nitro benzene ring substituents is 1. The minimum Gasteiger partial charge on any atom is -0.258 e. The standard InChI is InChI=1S/C14H12Cl2N2O4S/c1-9(13-6-5-10(15)7-14(13)16)17-23(21,22)12-4-2-3-11(8-12)18(19)20/h2-9,17H,1H3/t9-/m1/s1. The molecule has 0 radical (unpaired) electrons. The fraction of sp³-hybridized carbons (Fsp3) is 0.143. The summed E-state index contributed by atoms with van der Waals surface area (Å²) in [4.78, 5) is 9.92. The van der Waals surface area contributed by atoms with Crippen molar-refractivity contribution in [2.75, 3.05) is 0 Å². The molecule has 2 aromatic carbocycles. The lowest BCUT2D eigenvalue weighted by Gasteiger charge is -2.16. The fourth-order valence-corrected chi connectivity index (χ4v) is 3.82. The molecular formula is C14H12Cl2N2O4S. The molecule has 0 spiro atoms. The van der Waals surface area contributed by atoms with Crippen LogP contribution in [0.2, 0.25) is 10.0 Å². The van der Waals surface area contributed by atoms with Gasteiger partial charge in [-0.25, -0.2) is 13.1 Å². The number of halogens is 2. The SMILES string of the molecule is C[C@@H](NS(=O)(=O)c1cccc([N+](=O)[O-])c1)c1ccc(Cl)cc1Cl. The molecule has 0 saturated heterocycles. The number of benzene rings is 2. The predicted molar refractivity (Wildman–Crippen MR) is 88.3 cm³/mol. The zero-order chi connectivity index (χ0) is 17.2. The highest BCUT2D eigenvalue weighted by Crippen LogP contribution is 2.27. The summed E-state index contributed by atoms with van der Waals surface area (Å²) >= 11 is 11.9. The Balaban J connectivity index is 2.30. The van der Waals surface area contributed by atoms with E-state index in [4.69, 9.17) is 23.2 Å². The van der Waals surface area contributed by atoms with E-state index in [-0.39, 0.29) is 10.6 Å². The maximum atomic E-state index is 12.4. The summed E-state index contributed by atoms with van der Waals surface area (Å²) in [5.41, 5.74) is 0.245. The van der Waals surface area contributed by atoms with Gasteiger partial charge >= 0.3 is 0 Å². The minimum absolute atomic E-state index is 0.191. The Bertz CT molecular complexity index is 856. The number of non-ortho nitro benzene ring substituents is 1. The number of sulfonamides is 1. The van der Waals surface area contributed by atoms with E-state index in [0.29, 0.717) is 15.6 Å². The van der Waals surface area contributed by atoms with E-state index in [9.17, 15) is 18.5 Å². The van der Waals surface area contributed by atoms with Crippen molar-refractivity contribution in [1.82, 2.24) is 4.72 Å². The lowest BCUT2D eigenvalue weighted by atomic mass is 10.1. The van der Waals surface area contributed by atoms with Crippen LogP contribution in [0.4, 0.5) is 5.69 Å². The van der Waals surface area contributed by atoms with Gasteiger partial charge in [-0.3, -0.25) is 10.1 Å². The molecule has 0 amide bonds. The van der Waals surface area contributed by atoms with Gasteiger partial charge < -0.3 is 0 Å². The van der Waals surface area contributed by atoms with Gasteiger partial charge in [-0.1, -0.05) is 35.3 Å². The van der Waals surface area contributed by atoms with Crippen molar-refractivity contribution < 1.29 is 13.3 Å². The predicted octanol–water partition coefficient (Wildman–Crippen LogP) is 3.94. The quantitative estimate of drug-likeness (QED) is 0.633. The molecule has 23 heavy (non-hydrogen) atoms. The summed E-state index contributed by atoms with van der Waals surface area (Å²) in [6, 6.07) is 8.90. The molecule has 0 aromatic heterocycles. The largest absolute Gasteiger partial charge is 0.270 e. The molecule has 0 aliphatic heterocycles.